The van der Waals surface area contributed by atoms with Gasteiger partial charge in [-0.05, 0) is 6.08 Å². The largest absolute Gasteiger partial charge is 1.00 e. The predicted molar refractivity (Wildman–Crippen MR) is 56.5 cm³/mol. The van der Waals surface area contributed by atoms with Gasteiger partial charge in [0.2, 0.25) is 5.91 Å². The van der Waals surface area contributed by atoms with E-state index in [1.807, 2.05) is 21.0 Å². The molecule has 15 heavy (non-hydrogen) atoms. The smallest absolute Gasteiger partial charge is 0.247 e. The summed E-state index contributed by atoms with van der Waals surface area (Å²) in [4.78, 5) is 11.1. The number of nitrogens with zero attached hydrogens (tertiary/aromatic N) is 1. The molecule has 0 bridgehead atoms. The summed E-state index contributed by atoms with van der Waals surface area (Å²) < 4.78 is 0.576. The molecule has 4 nitrogen and oxygen atoms in total. The highest BCUT2D eigenvalue weighted by Crippen LogP contribution is 2.07. The van der Waals surface area contributed by atoms with Crippen molar-refractivity contribution < 1.29 is 26.8 Å². The molecule has 1 unspecified atom stereocenters. The molecule has 90 valence electrons. The molecule has 0 aromatic carbocycles. The Morgan fingerprint density at radius 1 is 1.60 bits per heavy atom. The highest BCUT2D eigenvalue weighted by Gasteiger charge is 2.26. The Hall–Kier alpha value is -0.580. The zero-order valence-corrected chi connectivity index (χ0v) is 10.4. The second-order valence-corrected chi connectivity index (χ2v) is 3.86. The lowest BCUT2D eigenvalue weighted by atomic mass is 10.2. The molecule has 0 saturated carbocycles. The Balaban J connectivity index is 0. The number of amides is 1. The number of hydrogen-bond donors (Lipinski definition) is 2. The first-order valence-electron chi connectivity index (χ1n) is 4.84. The molecule has 0 spiro atoms. The summed E-state index contributed by atoms with van der Waals surface area (Å²) in [6.45, 7) is 6.15. The van der Waals surface area contributed by atoms with Gasteiger partial charge in [-0.3, -0.25) is 4.79 Å². The van der Waals surface area contributed by atoms with Crippen molar-refractivity contribution in [2.75, 3.05) is 27.2 Å². The predicted octanol–water partition coefficient (Wildman–Crippen LogP) is -2.90. The molecule has 0 aromatic heterocycles. The minimum Gasteiger partial charge on any atom is -1.00 e. The van der Waals surface area contributed by atoms with Gasteiger partial charge in [0.25, 0.3) is 0 Å². The maximum absolute atomic E-state index is 11.1. The van der Waals surface area contributed by atoms with Gasteiger partial charge >= 0.3 is 0 Å². The van der Waals surface area contributed by atoms with Crippen molar-refractivity contribution >= 4 is 5.91 Å². The van der Waals surface area contributed by atoms with E-state index in [9.17, 15) is 4.79 Å². The summed E-state index contributed by atoms with van der Waals surface area (Å²) in [5, 5.41) is 11.7. The number of aliphatic hydroxyl groups excluding tert-OH is 1. The van der Waals surface area contributed by atoms with Gasteiger partial charge in [0, 0.05) is 6.42 Å². The molecule has 0 aromatic rings. The SMILES string of the molecule is C=CC(=O)NC(CC)[N+](C)(C)CCO.[Cl-]. The standard InChI is InChI=1S/C10H20N2O2.ClH/c1-5-9(11-10(14)6-2)12(3,4)7-8-13;/h6,9,13H,2,5,7-8H2,1,3-4H3;1H. The first-order chi connectivity index (χ1) is 6.47. The molecule has 5 heteroatoms. The van der Waals surface area contributed by atoms with Crippen LogP contribution in [0.15, 0.2) is 12.7 Å². The number of likely N-dealkylation sites (N-methyl/N-ethyl adjacent to an activating group) is 1. The number of carbonyl (C=O) groups is 1. The second kappa shape index (κ2) is 7.68. The molecule has 1 amide bonds. The van der Waals surface area contributed by atoms with Gasteiger partial charge < -0.3 is 27.3 Å². The van der Waals surface area contributed by atoms with Crippen LogP contribution >= 0.6 is 0 Å². The molecule has 0 fully saturated rings. The number of aliphatic hydroxyl groups is 1. The fourth-order valence-electron chi connectivity index (χ4n) is 1.41. The van der Waals surface area contributed by atoms with Crippen LogP contribution in [-0.2, 0) is 4.79 Å². The van der Waals surface area contributed by atoms with Crippen molar-refractivity contribution in [1.29, 1.82) is 0 Å². The Labute approximate surface area is 98.0 Å². The average molecular weight is 237 g/mol. The summed E-state index contributed by atoms with van der Waals surface area (Å²) >= 11 is 0. The molecular weight excluding hydrogens is 216 g/mol. The van der Waals surface area contributed by atoms with E-state index in [4.69, 9.17) is 5.11 Å². The number of rotatable bonds is 6. The van der Waals surface area contributed by atoms with E-state index in [1.165, 1.54) is 6.08 Å². The third kappa shape index (κ3) is 5.77. The number of nitrogens with one attached hydrogen (secondary N) is 1. The van der Waals surface area contributed by atoms with Crippen LogP contribution in [0.4, 0.5) is 0 Å². The Morgan fingerprint density at radius 3 is 2.47 bits per heavy atom. The van der Waals surface area contributed by atoms with Crippen LogP contribution in [0.25, 0.3) is 0 Å². The highest BCUT2D eigenvalue weighted by atomic mass is 35.5. The van der Waals surface area contributed by atoms with Gasteiger partial charge in [-0.2, -0.15) is 0 Å². The van der Waals surface area contributed by atoms with Crippen LogP contribution in [0.3, 0.4) is 0 Å². The third-order valence-corrected chi connectivity index (χ3v) is 2.40. The molecule has 1 atom stereocenters. The van der Waals surface area contributed by atoms with Crippen molar-refractivity contribution in [2.45, 2.75) is 19.5 Å². The van der Waals surface area contributed by atoms with E-state index < -0.39 is 0 Å². The molecule has 0 radical (unpaired) electrons. The number of quaternary nitrogens is 1. The summed E-state index contributed by atoms with van der Waals surface area (Å²) in [7, 11) is 3.96. The first-order valence-corrected chi connectivity index (χ1v) is 4.84. The molecule has 0 rings (SSSR count). The molecule has 0 heterocycles. The van der Waals surface area contributed by atoms with E-state index in [2.05, 4.69) is 11.9 Å². The van der Waals surface area contributed by atoms with Gasteiger partial charge in [0.1, 0.15) is 6.54 Å². The van der Waals surface area contributed by atoms with E-state index in [0.717, 1.165) is 6.42 Å². The highest BCUT2D eigenvalue weighted by molar-refractivity contribution is 5.86. The third-order valence-electron chi connectivity index (χ3n) is 2.40. The van der Waals surface area contributed by atoms with E-state index in [1.54, 1.807) is 0 Å². The Bertz CT molecular complexity index is 208. The topological polar surface area (TPSA) is 49.3 Å². The number of carbonyl (C=O) groups excluding carboxylic acids is 1. The van der Waals surface area contributed by atoms with Crippen molar-refractivity contribution in [3.05, 3.63) is 12.7 Å². The summed E-state index contributed by atoms with van der Waals surface area (Å²) in [6.07, 6.45) is 2.11. The average Bonchev–Trinajstić information content (AvgIpc) is 2.13. The van der Waals surface area contributed by atoms with Gasteiger partial charge in [-0.15, -0.1) is 0 Å². The van der Waals surface area contributed by atoms with Crippen LogP contribution in [0.2, 0.25) is 0 Å². The van der Waals surface area contributed by atoms with E-state index in [0.29, 0.717) is 11.0 Å². The monoisotopic (exact) mass is 236 g/mol. The van der Waals surface area contributed by atoms with Gasteiger partial charge in [-0.1, -0.05) is 13.5 Å². The molecule has 2 N–H and O–H groups in total. The minimum absolute atomic E-state index is 0. The summed E-state index contributed by atoms with van der Waals surface area (Å²) in [5.41, 5.74) is 0. The summed E-state index contributed by atoms with van der Waals surface area (Å²) in [5.74, 6) is -0.166. The van der Waals surface area contributed by atoms with Gasteiger partial charge in [0.15, 0.2) is 6.17 Å². The lowest BCUT2D eigenvalue weighted by Gasteiger charge is -2.37. The second-order valence-electron chi connectivity index (χ2n) is 3.86. The first kappa shape index (κ1) is 16.8. The van der Waals surface area contributed by atoms with Crippen molar-refractivity contribution in [1.82, 2.24) is 5.32 Å². The number of hydrogen-bond acceptors (Lipinski definition) is 2. The quantitative estimate of drug-likeness (QED) is 0.295. The molecular formula is C10H21ClN2O2. The number of halogens is 1. The van der Waals surface area contributed by atoms with Crippen molar-refractivity contribution in [3.63, 3.8) is 0 Å². The van der Waals surface area contributed by atoms with Crippen LogP contribution in [-0.4, -0.2) is 48.9 Å². The fraction of sp³-hybridized carbons (Fsp3) is 0.700. The normalized spacial score (nSPS) is 12.5. The zero-order valence-electron chi connectivity index (χ0n) is 9.66. The zero-order chi connectivity index (χ0) is 11.2. The molecule has 0 aliphatic carbocycles. The van der Waals surface area contributed by atoms with Gasteiger partial charge in [-0.25, -0.2) is 0 Å². The molecule has 0 aliphatic rings. The maximum Gasteiger partial charge on any atom is 0.247 e. The fourth-order valence-corrected chi connectivity index (χ4v) is 1.41. The van der Waals surface area contributed by atoms with Crippen LogP contribution < -0.4 is 17.7 Å². The Kier molecular flexibility index (Phi) is 8.62. The van der Waals surface area contributed by atoms with Crippen LogP contribution in [0, 0.1) is 0 Å². The van der Waals surface area contributed by atoms with E-state index in [-0.39, 0.29) is 31.1 Å². The van der Waals surface area contributed by atoms with E-state index >= 15 is 0 Å². The van der Waals surface area contributed by atoms with Crippen molar-refractivity contribution in [3.8, 4) is 0 Å². The van der Waals surface area contributed by atoms with Crippen LogP contribution in [0.5, 0.6) is 0 Å². The summed E-state index contributed by atoms with van der Waals surface area (Å²) in [6, 6.07) is 0. The maximum atomic E-state index is 11.1. The lowest BCUT2D eigenvalue weighted by Crippen LogP contribution is -3.00. The van der Waals surface area contributed by atoms with Gasteiger partial charge in [0.05, 0.1) is 20.7 Å². The van der Waals surface area contributed by atoms with Crippen molar-refractivity contribution in [2.24, 2.45) is 0 Å². The molecule has 0 saturated heterocycles. The molecule has 0 aliphatic heterocycles. The lowest BCUT2D eigenvalue weighted by molar-refractivity contribution is -0.917. The minimum atomic E-state index is -0.166. The Morgan fingerprint density at radius 2 is 2.13 bits per heavy atom. The van der Waals surface area contributed by atoms with Crippen LogP contribution in [0.1, 0.15) is 13.3 Å².